The number of amides is 1. The summed E-state index contributed by atoms with van der Waals surface area (Å²) >= 11 is 1.61. The highest BCUT2D eigenvalue weighted by Gasteiger charge is 2.25. The molecule has 0 spiro atoms. The van der Waals surface area contributed by atoms with Crippen molar-refractivity contribution in [3.8, 4) is 6.07 Å². The minimum Gasteiger partial charge on any atom is -0.467 e. The van der Waals surface area contributed by atoms with Crippen LogP contribution in [0, 0.1) is 11.3 Å². The Hall–Kier alpha value is -3.63. The highest BCUT2D eigenvalue weighted by molar-refractivity contribution is 7.16. The maximum absolute atomic E-state index is 13.1. The fourth-order valence-electron chi connectivity index (χ4n) is 4.26. The zero-order valence-electron chi connectivity index (χ0n) is 17.5. The number of hydrogen-bond donors (Lipinski definition) is 1. The fraction of sp³-hybridized carbons (Fsp3) is 0.240. The molecule has 1 aliphatic rings. The molecule has 0 unspecified atom stereocenters. The number of carbonyl (C=O) groups is 1. The van der Waals surface area contributed by atoms with Gasteiger partial charge in [0.15, 0.2) is 0 Å². The van der Waals surface area contributed by atoms with E-state index in [4.69, 9.17) is 14.7 Å². The van der Waals surface area contributed by atoms with E-state index in [0.29, 0.717) is 12.1 Å². The first-order valence-electron chi connectivity index (χ1n) is 10.7. The predicted molar refractivity (Wildman–Crippen MR) is 126 cm³/mol. The van der Waals surface area contributed by atoms with E-state index in [1.165, 1.54) is 4.88 Å². The zero-order valence-corrected chi connectivity index (χ0v) is 18.3. The smallest absolute Gasteiger partial charge is 0.255 e. The lowest BCUT2D eigenvalue weighted by Crippen LogP contribution is -2.23. The van der Waals surface area contributed by atoms with Gasteiger partial charge < -0.3 is 14.3 Å². The molecule has 5 rings (SSSR count). The minimum atomic E-state index is -0.111. The van der Waals surface area contributed by atoms with Gasteiger partial charge in [-0.1, -0.05) is 18.2 Å². The molecule has 0 saturated carbocycles. The molecule has 7 heteroatoms. The van der Waals surface area contributed by atoms with Gasteiger partial charge in [-0.05, 0) is 49.4 Å². The Morgan fingerprint density at radius 2 is 2.12 bits per heavy atom. The highest BCUT2D eigenvalue weighted by atomic mass is 32.1. The average molecular weight is 443 g/mol. The number of fused-ring (bicyclic) bond motifs is 2. The molecule has 160 valence electrons. The molecule has 1 aliphatic carbocycles. The summed E-state index contributed by atoms with van der Waals surface area (Å²) in [7, 11) is 0. The molecule has 0 bridgehead atoms. The van der Waals surface area contributed by atoms with E-state index in [9.17, 15) is 4.79 Å². The van der Waals surface area contributed by atoms with Gasteiger partial charge in [0, 0.05) is 33.8 Å². The van der Waals surface area contributed by atoms with Crippen molar-refractivity contribution in [1.29, 1.82) is 5.26 Å². The second kappa shape index (κ2) is 8.85. The second-order valence-electron chi connectivity index (χ2n) is 7.80. The van der Waals surface area contributed by atoms with E-state index in [2.05, 4.69) is 11.4 Å². The minimum absolute atomic E-state index is 0.111. The standard InChI is InChI=1S/C25H22N4O2S/c26-11-12-29-16-17(19-7-1-3-9-21(19)29)14-28-25-23(20-8-2-4-10-22(20)32-25)24(30)27-15-18-6-5-13-31-18/h1,3,5-7,9,13-14,16H,2,4,8,10,12,15H2,(H,27,30). The van der Waals surface area contributed by atoms with Crippen molar-refractivity contribution in [3.63, 3.8) is 0 Å². The first-order valence-corrected chi connectivity index (χ1v) is 11.5. The third kappa shape index (κ3) is 3.85. The Balaban J connectivity index is 1.49. The lowest BCUT2D eigenvalue weighted by atomic mass is 9.95. The first-order chi connectivity index (χ1) is 15.7. The van der Waals surface area contributed by atoms with Crippen molar-refractivity contribution < 1.29 is 9.21 Å². The number of nitrogens with one attached hydrogen (secondary N) is 1. The summed E-state index contributed by atoms with van der Waals surface area (Å²) in [6.07, 6.45) is 9.51. The summed E-state index contributed by atoms with van der Waals surface area (Å²) in [6, 6.07) is 13.8. The maximum Gasteiger partial charge on any atom is 0.255 e. The molecule has 1 amide bonds. The van der Waals surface area contributed by atoms with Gasteiger partial charge in [0.05, 0.1) is 24.4 Å². The molecule has 4 aromatic rings. The van der Waals surface area contributed by atoms with Crippen LogP contribution in [0.1, 0.15) is 45.0 Å². The largest absolute Gasteiger partial charge is 0.467 e. The highest BCUT2D eigenvalue weighted by Crippen LogP contribution is 2.40. The number of benzene rings is 1. The van der Waals surface area contributed by atoms with Crippen LogP contribution in [-0.4, -0.2) is 16.7 Å². The number of thiophene rings is 1. The van der Waals surface area contributed by atoms with E-state index < -0.39 is 0 Å². The van der Waals surface area contributed by atoms with Crippen molar-refractivity contribution >= 4 is 39.4 Å². The van der Waals surface area contributed by atoms with Crippen molar-refractivity contribution in [3.05, 3.63) is 76.2 Å². The van der Waals surface area contributed by atoms with E-state index in [1.807, 2.05) is 53.4 Å². The number of nitriles is 1. The number of furan rings is 1. The molecule has 3 heterocycles. The van der Waals surface area contributed by atoms with Gasteiger partial charge in [-0.25, -0.2) is 4.99 Å². The van der Waals surface area contributed by atoms with Crippen molar-refractivity contribution in [2.24, 2.45) is 4.99 Å². The summed E-state index contributed by atoms with van der Waals surface area (Å²) < 4.78 is 7.27. The summed E-state index contributed by atoms with van der Waals surface area (Å²) in [6.45, 7) is 0.628. The van der Waals surface area contributed by atoms with Crippen LogP contribution in [0.25, 0.3) is 10.9 Å². The van der Waals surface area contributed by atoms with Crippen LogP contribution in [0.15, 0.2) is 58.3 Å². The van der Waals surface area contributed by atoms with Gasteiger partial charge in [-0.2, -0.15) is 5.26 Å². The number of carbonyl (C=O) groups excluding carboxylic acids is 1. The molecule has 1 N–H and O–H groups in total. The number of para-hydroxylation sites is 1. The summed E-state index contributed by atoms with van der Waals surface area (Å²) in [5.74, 6) is 0.609. The normalized spacial score (nSPS) is 13.3. The number of aromatic nitrogens is 1. The number of nitrogens with zero attached hydrogens (tertiary/aromatic N) is 3. The summed E-state index contributed by atoms with van der Waals surface area (Å²) in [5, 5.41) is 13.9. The van der Waals surface area contributed by atoms with Crippen molar-refractivity contribution in [2.45, 2.75) is 38.8 Å². The Kier molecular flexibility index (Phi) is 5.61. The Bertz CT molecular complexity index is 1340. The molecule has 32 heavy (non-hydrogen) atoms. The quantitative estimate of drug-likeness (QED) is 0.407. The lowest BCUT2D eigenvalue weighted by Gasteiger charge is -2.12. The van der Waals surface area contributed by atoms with Crippen LogP contribution in [0.2, 0.25) is 0 Å². The van der Waals surface area contributed by atoms with Crippen molar-refractivity contribution in [1.82, 2.24) is 9.88 Å². The van der Waals surface area contributed by atoms with Crippen molar-refractivity contribution in [2.75, 3.05) is 0 Å². The van der Waals surface area contributed by atoms with E-state index in [-0.39, 0.29) is 12.5 Å². The van der Waals surface area contributed by atoms with E-state index >= 15 is 0 Å². The number of rotatable bonds is 6. The number of aliphatic imine (C=N–C) groups is 1. The fourth-order valence-corrected chi connectivity index (χ4v) is 5.49. The Morgan fingerprint density at radius 3 is 2.97 bits per heavy atom. The molecule has 0 aliphatic heterocycles. The molecule has 3 aromatic heterocycles. The van der Waals surface area contributed by atoms with Crippen LogP contribution in [-0.2, 0) is 25.9 Å². The third-order valence-electron chi connectivity index (χ3n) is 5.76. The van der Waals surface area contributed by atoms with Gasteiger partial charge in [0.2, 0.25) is 0 Å². The molecule has 0 saturated heterocycles. The van der Waals surface area contributed by atoms with Gasteiger partial charge in [0.1, 0.15) is 17.3 Å². The molecular weight excluding hydrogens is 420 g/mol. The second-order valence-corrected chi connectivity index (χ2v) is 8.88. The van der Waals surface area contributed by atoms with Gasteiger partial charge in [-0.3, -0.25) is 4.79 Å². The molecule has 1 aromatic carbocycles. The van der Waals surface area contributed by atoms with Crippen LogP contribution in [0.4, 0.5) is 5.00 Å². The predicted octanol–water partition coefficient (Wildman–Crippen LogP) is 5.38. The molecule has 0 radical (unpaired) electrons. The van der Waals surface area contributed by atoms with E-state index in [1.54, 1.807) is 17.6 Å². The topological polar surface area (TPSA) is 83.3 Å². The maximum atomic E-state index is 13.1. The molecule has 0 fully saturated rings. The van der Waals surface area contributed by atoms with Crippen LogP contribution < -0.4 is 5.32 Å². The Morgan fingerprint density at radius 1 is 1.25 bits per heavy atom. The lowest BCUT2D eigenvalue weighted by molar-refractivity contribution is 0.0948. The number of hydrogen-bond acceptors (Lipinski definition) is 5. The van der Waals surface area contributed by atoms with Crippen LogP contribution >= 0.6 is 11.3 Å². The summed E-state index contributed by atoms with van der Waals surface area (Å²) in [5.41, 5.74) is 3.76. The molecule has 6 nitrogen and oxygen atoms in total. The van der Waals surface area contributed by atoms with Crippen LogP contribution in [0.3, 0.4) is 0 Å². The monoisotopic (exact) mass is 442 g/mol. The average Bonchev–Trinajstić information content (AvgIpc) is 3.54. The molecular formula is C25H22N4O2S. The van der Waals surface area contributed by atoms with Gasteiger partial charge >= 0.3 is 0 Å². The Labute approximate surface area is 189 Å². The van der Waals surface area contributed by atoms with E-state index in [0.717, 1.165) is 58.5 Å². The molecule has 0 atom stereocenters. The number of aryl methyl sites for hydroxylation is 1. The van der Waals surface area contributed by atoms with Crippen LogP contribution in [0.5, 0.6) is 0 Å². The summed E-state index contributed by atoms with van der Waals surface area (Å²) in [4.78, 5) is 19.2. The van der Waals surface area contributed by atoms with Gasteiger partial charge in [0.25, 0.3) is 5.91 Å². The SMILES string of the molecule is N#CCn1cc(C=Nc2sc3c(c2C(=O)NCc2ccco2)CCCC3)c2ccccc21. The zero-order chi connectivity index (χ0) is 21.9. The van der Waals surface area contributed by atoms with Gasteiger partial charge in [-0.15, -0.1) is 11.3 Å². The third-order valence-corrected chi connectivity index (χ3v) is 6.96. The first kappa shape index (κ1) is 20.3.